The SMILES string of the molecule is FC(F)(F)Oc1ccc(-c2nc(-c3ccc(OC(F)(F)F)cc3)nc(-c3cc(-c4ccc(-c5nc(-c6ccc(-c7ccc8c(c7)sc7ccccc78)cc6)nc(-c6ccc7c(c6)C6(c8ccccc8S7)c7ccccc7-c7ccccc76)n5)cc4)c4c(c3)C3(c5ccccc5S4)c4ccccc4-c4ccccc43)n2)cc1. The van der Waals surface area contributed by atoms with Crippen LogP contribution in [0.25, 0.3) is 133 Å². The lowest BCUT2D eigenvalue weighted by Crippen LogP contribution is -2.32. The van der Waals surface area contributed by atoms with Gasteiger partial charge in [-0.05, 0) is 186 Å². The van der Waals surface area contributed by atoms with Crippen molar-refractivity contribution in [2.45, 2.75) is 43.1 Å². The Bertz CT molecular complexity index is 6540. The summed E-state index contributed by atoms with van der Waals surface area (Å²) in [5.74, 6) is 0.833. The number of hydrogen-bond donors (Lipinski definition) is 0. The molecule has 17 heteroatoms. The molecule has 21 rings (SSSR count). The van der Waals surface area contributed by atoms with E-state index in [-0.39, 0.29) is 17.5 Å². The first-order valence-corrected chi connectivity index (χ1v) is 38.3. The number of fused-ring (bicyclic) bond motifs is 21. The van der Waals surface area contributed by atoms with E-state index < -0.39 is 35.1 Å². The average molecular weight is 1510 g/mol. The first-order valence-electron chi connectivity index (χ1n) is 35.8. The summed E-state index contributed by atoms with van der Waals surface area (Å²) in [4.78, 5) is 35.8. The molecule has 5 heterocycles. The summed E-state index contributed by atoms with van der Waals surface area (Å²) < 4.78 is 92.5. The molecule has 0 saturated carbocycles. The van der Waals surface area contributed by atoms with E-state index in [1.165, 1.54) is 101 Å². The molecule has 2 aliphatic carbocycles. The van der Waals surface area contributed by atoms with Crippen LogP contribution in [0.5, 0.6) is 11.5 Å². The highest BCUT2D eigenvalue weighted by atomic mass is 32.2. The highest BCUT2D eigenvalue weighted by Crippen LogP contribution is 2.65. The van der Waals surface area contributed by atoms with Crippen LogP contribution in [0.1, 0.15) is 44.5 Å². The third-order valence-corrected chi connectivity index (χ3v) is 25.1. The molecule has 17 aromatic rings. The van der Waals surface area contributed by atoms with E-state index in [4.69, 9.17) is 29.9 Å². The van der Waals surface area contributed by atoms with Crippen LogP contribution in [0.2, 0.25) is 0 Å². The van der Waals surface area contributed by atoms with Crippen LogP contribution in [-0.2, 0) is 10.8 Å². The van der Waals surface area contributed by atoms with Gasteiger partial charge in [0.25, 0.3) is 0 Å². The highest BCUT2D eigenvalue weighted by Gasteiger charge is 2.52. The van der Waals surface area contributed by atoms with Crippen molar-refractivity contribution in [3.05, 3.63) is 360 Å². The summed E-state index contributed by atoms with van der Waals surface area (Å²) in [6.07, 6.45) is -9.91. The molecule has 2 spiro atoms. The van der Waals surface area contributed by atoms with E-state index >= 15 is 0 Å². The van der Waals surface area contributed by atoms with E-state index in [0.29, 0.717) is 34.2 Å². The summed E-state index contributed by atoms with van der Waals surface area (Å²) in [5, 5.41) is 2.47. The fraction of sp³-hybridized carbons (Fsp3) is 0.0426. The minimum Gasteiger partial charge on any atom is -0.406 e. The second kappa shape index (κ2) is 25.4. The van der Waals surface area contributed by atoms with Gasteiger partial charge in [0.15, 0.2) is 34.9 Å². The van der Waals surface area contributed by atoms with E-state index in [0.717, 1.165) is 92.6 Å². The molecule has 0 bridgehead atoms. The molecule has 111 heavy (non-hydrogen) atoms. The van der Waals surface area contributed by atoms with Crippen molar-refractivity contribution in [2.75, 3.05) is 0 Å². The Kier molecular flexibility index (Phi) is 15.2. The quantitative estimate of drug-likeness (QED) is 0.123. The minimum absolute atomic E-state index is 0.0732. The molecule has 0 fully saturated rings. The van der Waals surface area contributed by atoms with Crippen molar-refractivity contribution < 1.29 is 35.8 Å². The van der Waals surface area contributed by atoms with Crippen LogP contribution in [0.4, 0.5) is 26.3 Å². The molecule has 0 radical (unpaired) electrons. The van der Waals surface area contributed by atoms with Gasteiger partial charge in [-0.25, -0.2) is 29.9 Å². The molecule has 8 nitrogen and oxygen atoms in total. The average Bonchev–Trinajstić information content (AvgIpc) is 1.57. The molecule has 0 saturated heterocycles. The van der Waals surface area contributed by atoms with Crippen molar-refractivity contribution in [3.8, 4) is 124 Å². The Hall–Kier alpha value is -12.8. The van der Waals surface area contributed by atoms with Gasteiger partial charge in [0.1, 0.15) is 11.5 Å². The molecular formula is C94H52F6N6O2S3. The summed E-state index contributed by atoms with van der Waals surface area (Å²) in [6.45, 7) is 0. The topological polar surface area (TPSA) is 95.8 Å². The van der Waals surface area contributed by atoms with Gasteiger partial charge in [0, 0.05) is 73.1 Å². The lowest BCUT2D eigenvalue weighted by molar-refractivity contribution is -0.275. The van der Waals surface area contributed by atoms with E-state index in [2.05, 4.69) is 258 Å². The Morgan fingerprint density at radius 2 is 0.595 bits per heavy atom. The first kappa shape index (κ1) is 66.4. The van der Waals surface area contributed by atoms with Crippen LogP contribution in [-0.4, -0.2) is 42.6 Å². The number of ether oxygens (including phenoxy) is 2. The van der Waals surface area contributed by atoms with Gasteiger partial charge in [0.05, 0.1) is 10.8 Å². The Morgan fingerprint density at radius 3 is 1.09 bits per heavy atom. The van der Waals surface area contributed by atoms with Gasteiger partial charge >= 0.3 is 12.7 Å². The standard InChI is InChI=1S/C94H52F6N6O2S3/c95-93(96,97)107-62-43-37-57(38-44-62)87-102-88(58-39-45-63(46-40-58)108-94(98,99)100)106-90(105-87)61-49-70(84-78(51-61)92(76-25-11-14-28-81(76)111-84)73-22-8-3-17-66(73)67-18-4-9-23-74(67)92)54-31-35-56(36-32-54)86-101-85(55-33-29-53(30-34-55)59-41-47-69-68-19-5-12-26-79(68)109-83(69)52-59)103-89(104-86)60-42-48-82-77(50-60)91(75-24-10-13-27-80(75)110-82)71-20-6-1-15-64(71)65-16-2-7-21-72(65)91/h1-52H. The zero-order chi connectivity index (χ0) is 74.5. The van der Waals surface area contributed by atoms with E-state index in [1.54, 1.807) is 34.9 Å². The molecule has 14 aromatic carbocycles. The predicted octanol–water partition coefficient (Wildman–Crippen LogP) is 25.2. The van der Waals surface area contributed by atoms with Gasteiger partial charge in [-0.2, -0.15) is 0 Å². The second-order valence-corrected chi connectivity index (χ2v) is 30.9. The molecular weight excluding hydrogens is 1460 g/mol. The number of nitrogens with zero attached hydrogens (tertiary/aromatic N) is 6. The summed E-state index contributed by atoms with van der Waals surface area (Å²) in [5.41, 5.74) is 19.2. The lowest BCUT2D eigenvalue weighted by atomic mass is 9.66. The zero-order valence-electron chi connectivity index (χ0n) is 58.0. The third-order valence-electron chi connectivity index (χ3n) is 21.6. The molecule has 0 atom stereocenters. The van der Waals surface area contributed by atoms with Crippen molar-refractivity contribution in [3.63, 3.8) is 0 Å². The summed E-state index contributed by atoms with van der Waals surface area (Å²) in [7, 11) is 0. The summed E-state index contributed by atoms with van der Waals surface area (Å²) in [6, 6.07) is 105. The minimum atomic E-state index is -4.96. The number of halogens is 6. The van der Waals surface area contributed by atoms with Gasteiger partial charge in [-0.3, -0.25) is 0 Å². The van der Waals surface area contributed by atoms with Crippen LogP contribution in [0, 0.1) is 0 Å². The van der Waals surface area contributed by atoms with E-state index in [1.807, 2.05) is 18.2 Å². The Labute approximate surface area is 643 Å². The van der Waals surface area contributed by atoms with Crippen LogP contribution < -0.4 is 9.47 Å². The number of benzene rings is 14. The molecule has 0 unspecified atom stereocenters. The van der Waals surface area contributed by atoms with Crippen molar-refractivity contribution >= 4 is 55.0 Å². The predicted molar refractivity (Wildman–Crippen MR) is 426 cm³/mol. The van der Waals surface area contributed by atoms with Crippen molar-refractivity contribution in [1.29, 1.82) is 0 Å². The maximum Gasteiger partial charge on any atom is 0.573 e. The fourth-order valence-corrected chi connectivity index (χ4v) is 20.6. The van der Waals surface area contributed by atoms with Crippen molar-refractivity contribution in [1.82, 2.24) is 29.9 Å². The number of thiophene rings is 1. The van der Waals surface area contributed by atoms with Gasteiger partial charge in [0.2, 0.25) is 0 Å². The Balaban J connectivity index is 0.750. The maximum absolute atomic E-state index is 13.6. The molecule has 4 aliphatic rings. The van der Waals surface area contributed by atoms with Crippen LogP contribution in [0.3, 0.4) is 0 Å². The van der Waals surface area contributed by atoms with Gasteiger partial charge in [-0.15, -0.1) is 37.7 Å². The van der Waals surface area contributed by atoms with E-state index in [9.17, 15) is 26.3 Å². The third kappa shape index (κ3) is 10.9. The smallest absolute Gasteiger partial charge is 0.406 e. The number of aromatic nitrogens is 6. The number of hydrogen-bond acceptors (Lipinski definition) is 11. The second-order valence-electron chi connectivity index (χ2n) is 27.7. The molecule has 0 N–H and O–H groups in total. The van der Waals surface area contributed by atoms with Gasteiger partial charge in [-0.1, -0.05) is 242 Å². The van der Waals surface area contributed by atoms with Gasteiger partial charge < -0.3 is 9.47 Å². The molecule has 3 aromatic heterocycles. The highest BCUT2D eigenvalue weighted by molar-refractivity contribution is 8.00. The first-order chi connectivity index (χ1) is 54.2. The van der Waals surface area contributed by atoms with Crippen LogP contribution in [0.15, 0.2) is 335 Å². The summed E-state index contributed by atoms with van der Waals surface area (Å²) >= 11 is 5.23. The molecule has 530 valence electrons. The largest absolute Gasteiger partial charge is 0.573 e. The molecule has 2 aliphatic heterocycles. The lowest BCUT2D eigenvalue weighted by Gasteiger charge is -2.40. The molecule has 0 amide bonds. The van der Waals surface area contributed by atoms with Crippen LogP contribution >= 0.6 is 34.9 Å². The monoisotopic (exact) mass is 1510 g/mol. The normalized spacial score (nSPS) is 13.7. The number of rotatable bonds is 10. The number of alkyl halides is 6. The zero-order valence-corrected chi connectivity index (χ0v) is 60.5. The maximum atomic E-state index is 13.6. The Morgan fingerprint density at radius 1 is 0.243 bits per heavy atom. The fourth-order valence-electron chi connectivity index (χ4n) is 16.9. The van der Waals surface area contributed by atoms with Crippen molar-refractivity contribution in [2.24, 2.45) is 0 Å².